The van der Waals surface area contributed by atoms with Gasteiger partial charge in [-0.1, -0.05) is 26.0 Å². The van der Waals surface area contributed by atoms with E-state index in [0.29, 0.717) is 6.42 Å². The molecule has 14 heavy (non-hydrogen) atoms. The van der Waals surface area contributed by atoms with Crippen molar-refractivity contribution in [2.45, 2.75) is 32.6 Å². The van der Waals surface area contributed by atoms with E-state index in [9.17, 15) is 9.18 Å². The van der Waals surface area contributed by atoms with Crippen LogP contribution in [0.4, 0.5) is 4.39 Å². The molecule has 76 valence electrons. The minimum absolute atomic E-state index is 0.143. The molecular weight excluding hydrogens is 179 g/mol. The molecule has 0 heterocycles. The zero-order valence-electron chi connectivity index (χ0n) is 8.59. The average Bonchev–Trinajstić information content (AvgIpc) is 2.19. The second kappa shape index (κ2) is 4.89. The largest absolute Gasteiger partial charge is 0.299 e. The molecule has 0 spiro atoms. The Morgan fingerprint density at radius 2 is 2.14 bits per heavy atom. The lowest BCUT2D eigenvalue weighted by Crippen LogP contribution is -2.10. The SMILES string of the molecule is CCC(=O)C(CC)c1cccc(F)c1. The summed E-state index contributed by atoms with van der Waals surface area (Å²) in [6.07, 6.45) is 1.24. The lowest BCUT2D eigenvalue weighted by atomic mass is 9.91. The molecule has 0 fully saturated rings. The predicted molar refractivity (Wildman–Crippen MR) is 54.7 cm³/mol. The maximum absolute atomic E-state index is 12.9. The van der Waals surface area contributed by atoms with Gasteiger partial charge in [-0.3, -0.25) is 4.79 Å². The minimum atomic E-state index is -0.273. The third-order valence-corrected chi connectivity index (χ3v) is 2.40. The fourth-order valence-corrected chi connectivity index (χ4v) is 1.62. The van der Waals surface area contributed by atoms with Crippen molar-refractivity contribution in [3.63, 3.8) is 0 Å². The van der Waals surface area contributed by atoms with E-state index >= 15 is 0 Å². The fraction of sp³-hybridized carbons (Fsp3) is 0.417. The van der Waals surface area contributed by atoms with Crippen molar-refractivity contribution in [2.24, 2.45) is 0 Å². The van der Waals surface area contributed by atoms with Crippen molar-refractivity contribution in [2.75, 3.05) is 0 Å². The molecular formula is C12H15FO. The van der Waals surface area contributed by atoms with Gasteiger partial charge in [-0.15, -0.1) is 0 Å². The van der Waals surface area contributed by atoms with Crippen molar-refractivity contribution in [3.8, 4) is 0 Å². The quantitative estimate of drug-likeness (QED) is 0.718. The summed E-state index contributed by atoms with van der Waals surface area (Å²) in [6.45, 7) is 3.79. The Hall–Kier alpha value is -1.18. The van der Waals surface area contributed by atoms with Crippen LogP contribution in [-0.4, -0.2) is 5.78 Å². The zero-order chi connectivity index (χ0) is 10.6. The lowest BCUT2D eigenvalue weighted by molar-refractivity contribution is -0.120. The van der Waals surface area contributed by atoms with Crippen molar-refractivity contribution in [1.29, 1.82) is 0 Å². The van der Waals surface area contributed by atoms with Crippen molar-refractivity contribution in [3.05, 3.63) is 35.6 Å². The molecule has 2 heteroatoms. The number of hydrogen-bond acceptors (Lipinski definition) is 1. The number of carbonyl (C=O) groups is 1. The molecule has 0 aliphatic rings. The van der Waals surface area contributed by atoms with Gasteiger partial charge in [0.2, 0.25) is 0 Å². The Balaban J connectivity index is 2.94. The van der Waals surface area contributed by atoms with Crippen LogP contribution in [0.3, 0.4) is 0 Å². The van der Waals surface area contributed by atoms with Crippen LogP contribution in [0, 0.1) is 5.82 Å². The highest BCUT2D eigenvalue weighted by atomic mass is 19.1. The monoisotopic (exact) mass is 194 g/mol. The average molecular weight is 194 g/mol. The van der Waals surface area contributed by atoms with E-state index in [1.54, 1.807) is 6.07 Å². The van der Waals surface area contributed by atoms with Crippen LogP contribution in [-0.2, 0) is 4.79 Å². The Morgan fingerprint density at radius 1 is 1.43 bits per heavy atom. The van der Waals surface area contributed by atoms with Crippen LogP contribution in [0.1, 0.15) is 38.2 Å². The van der Waals surface area contributed by atoms with Crippen molar-refractivity contribution in [1.82, 2.24) is 0 Å². The topological polar surface area (TPSA) is 17.1 Å². The molecule has 0 bridgehead atoms. The van der Waals surface area contributed by atoms with Gasteiger partial charge in [0.1, 0.15) is 11.6 Å². The summed E-state index contributed by atoms with van der Waals surface area (Å²) in [5.74, 6) is -0.237. The minimum Gasteiger partial charge on any atom is -0.299 e. The Labute approximate surface area is 83.9 Å². The summed E-state index contributed by atoms with van der Waals surface area (Å²) in [7, 11) is 0. The molecule has 1 atom stereocenters. The summed E-state index contributed by atoms with van der Waals surface area (Å²) < 4.78 is 12.9. The summed E-state index contributed by atoms with van der Waals surface area (Å²) in [6, 6.07) is 6.30. The third-order valence-electron chi connectivity index (χ3n) is 2.40. The molecule has 0 aliphatic carbocycles. The van der Waals surface area contributed by atoms with E-state index in [2.05, 4.69) is 0 Å². The standard InChI is InChI=1S/C12H15FO/c1-3-11(12(14)4-2)9-6-5-7-10(13)8-9/h5-8,11H,3-4H2,1-2H3. The number of ketones is 1. The van der Waals surface area contributed by atoms with E-state index in [-0.39, 0.29) is 17.5 Å². The molecule has 0 amide bonds. The zero-order valence-corrected chi connectivity index (χ0v) is 8.59. The molecule has 0 aliphatic heterocycles. The first kappa shape index (κ1) is 10.9. The molecule has 1 nitrogen and oxygen atoms in total. The molecule has 0 aromatic heterocycles. The predicted octanol–water partition coefficient (Wildman–Crippen LogP) is 3.30. The van der Waals surface area contributed by atoms with E-state index in [1.807, 2.05) is 19.9 Å². The fourth-order valence-electron chi connectivity index (χ4n) is 1.62. The summed E-state index contributed by atoms with van der Waals surface area (Å²) in [5, 5.41) is 0. The van der Waals surface area contributed by atoms with Gasteiger partial charge in [-0.05, 0) is 24.1 Å². The van der Waals surface area contributed by atoms with E-state index in [0.717, 1.165) is 12.0 Å². The molecule has 1 aromatic rings. The van der Waals surface area contributed by atoms with Crippen LogP contribution in [0.25, 0.3) is 0 Å². The van der Waals surface area contributed by atoms with Crippen molar-refractivity contribution < 1.29 is 9.18 Å². The van der Waals surface area contributed by atoms with E-state index in [1.165, 1.54) is 12.1 Å². The van der Waals surface area contributed by atoms with Gasteiger partial charge >= 0.3 is 0 Å². The van der Waals surface area contributed by atoms with Crippen LogP contribution in [0.2, 0.25) is 0 Å². The molecule has 1 unspecified atom stereocenters. The third kappa shape index (κ3) is 2.41. The summed E-state index contributed by atoms with van der Waals surface area (Å²) in [5.41, 5.74) is 0.791. The molecule has 0 saturated heterocycles. The first-order valence-corrected chi connectivity index (χ1v) is 4.97. The maximum Gasteiger partial charge on any atom is 0.140 e. The Bertz CT molecular complexity index is 320. The first-order valence-electron chi connectivity index (χ1n) is 4.97. The molecule has 0 radical (unpaired) electrons. The highest BCUT2D eigenvalue weighted by Gasteiger charge is 2.16. The van der Waals surface area contributed by atoms with Crippen molar-refractivity contribution >= 4 is 5.78 Å². The number of carbonyl (C=O) groups excluding carboxylic acids is 1. The van der Waals surface area contributed by atoms with Gasteiger partial charge in [-0.2, -0.15) is 0 Å². The highest BCUT2D eigenvalue weighted by molar-refractivity contribution is 5.85. The van der Waals surface area contributed by atoms with Gasteiger partial charge in [-0.25, -0.2) is 4.39 Å². The second-order valence-electron chi connectivity index (χ2n) is 3.34. The molecule has 1 rings (SSSR count). The van der Waals surface area contributed by atoms with Gasteiger partial charge < -0.3 is 0 Å². The van der Waals surface area contributed by atoms with Crippen LogP contribution in [0.15, 0.2) is 24.3 Å². The maximum atomic E-state index is 12.9. The number of benzene rings is 1. The molecule has 0 saturated carbocycles. The van der Waals surface area contributed by atoms with E-state index < -0.39 is 0 Å². The second-order valence-corrected chi connectivity index (χ2v) is 3.34. The summed E-state index contributed by atoms with van der Waals surface area (Å²) >= 11 is 0. The first-order chi connectivity index (χ1) is 6.69. The molecule has 1 aromatic carbocycles. The highest BCUT2D eigenvalue weighted by Crippen LogP contribution is 2.22. The van der Waals surface area contributed by atoms with Crippen LogP contribution in [0.5, 0.6) is 0 Å². The lowest BCUT2D eigenvalue weighted by Gasteiger charge is -2.12. The number of Topliss-reactive ketones (excluding diaryl/α,β-unsaturated/α-hetero) is 1. The normalized spacial score (nSPS) is 12.5. The van der Waals surface area contributed by atoms with Crippen LogP contribution >= 0.6 is 0 Å². The van der Waals surface area contributed by atoms with Gasteiger partial charge in [0.25, 0.3) is 0 Å². The number of hydrogen-bond donors (Lipinski definition) is 0. The van der Waals surface area contributed by atoms with Gasteiger partial charge in [0.05, 0.1) is 0 Å². The number of halogens is 1. The Kier molecular flexibility index (Phi) is 3.81. The number of rotatable bonds is 4. The Morgan fingerprint density at radius 3 is 2.64 bits per heavy atom. The molecule has 0 N–H and O–H groups in total. The van der Waals surface area contributed by atoms with E-state index in [4.69, 9.17) is 0 Å². The smallest absolute Gasteiger partial charge is 0.140 e. The van der Waals surface area contributed by atoms with Gasteiger partial charge in [0.15, 0.2) is 0 Å². The van der Waals surface area contributed by atoms with Crippen LogP contribution < -0.4 is 0 Å². The van der Waals surface area contributed by atoms with Gasteiger partial charge in [0, 0.05) is 12.3 Å². The summed E-state index contributed by atoms with van der Waals surface area (Å²) in [4.78, 5) is 11.5.